The summed E-state index contributed by atoms with van der Waals surface area (Å²) < 4.78 is 25.5. The Morgan fingerprint density at radius 3 is 2.62 bits per heavy atom. The molecule has 0 radical (unpaired) electrons. The smallest absolute Gasteiger partial charge is 0.337 e. The second-order valence-corrected chi connectivity index (χ2v) is 8.70. The molecule has 1 aromatic rings. The molecule has 1 N–H and O–H groups in total. The number of dihydropyridines is 1. The first kappa shape index (κ1) is 24.0. The van der Waals surface area contributed by atoms with E-state index in [0.717, 1.165) is 0 Å². The van der Waals surface area contributed by atoms with Crippen molar-refractivity contribution < 1.29 is 28.2 Å². The molecule has 0 aromatic heterocycles. The molecular formula is C24H27ClFNO5. The Balaban J connectivity index is 2.23. The summed E-state index contributed by atoms with van der Waals surface area (Å²) in [5, 5.41) is 3.21. The first-order valence-electron chi connectivity index (χ1n) is 10.6. The van der Waals surface area contributed by atoms with Gasteiger partial charge >= 0.3 is 11.9 Å². The molecule has 0 amide bonds. The van der Waals surface area contributed by atoms with Crippen molar-refractivity contribution in [3.05, 3.63) is 57.1 Å². The molecule has 0 fully saturated rings. The zero-order chi connectivity index (χ0) is 23.7. The Morgan fingerprint density at radius 1 is 1.34 bits per heavy atom. The van der Waals surface area contributed by atoms with Gasteiger partial charge in [0.15, 0.2) is 5.78 Å². The molecule has 0 unspecified atom stereocenters. The molecule has 0 saturated carbocycles. The van der Waals surface area contributed by atoms with Crippen molar-refractivity contribution in [2.75, 3.05) is 7.11 Å². The van der Waals surface area contributed by atoms with Gasteiger partial charge in [-0.05, 0) is 44.7 Å². The third-order valence-electron chi connectivity index (χ3n) is 6.13. The SMILES string of the molecule is CC[C@H](C)OC(=O)C1=C(C)NC2=C(C(=O)[C@H](C(=O)OC)[C@H](C)C2)[C@H]1c1c(F)cccc1Cl. The summed E-state index contributed by atoms with van der Waals surface area (Å²) in [5.74, 6) is -4.99. The Bertz CT molecular complexity index is 1010. The van der Waals surface area contributed by atoms with Crippen LogP contribution in [0.15, 0.2) is 40.7 Å². The molecule has 8 heteroatoms. The zero-order valence-corrected chi connectivity index (χ0v) is 19.5. The largest absolute Gasteiger partial charge is 0.468 e. The molecular weight excluding hydrogens is 437 g/mol. The molecule has 0 spiro atoms. The monoisotopic (exact) mass is 463 g/mol. The predicted molar refractivity (Wildman–Crippen MR) is 117 cm³/mol. The fourth-order valence-electron chi connectivity index (χ4n) is 4.36. The summed E-state index contributed by atoms with van der Waals surface area (Å²) in [6.07, 6.45) is 0.569. The summed E-state index contributed by atoms with van der Waals surface area (Å²) in [7, 11) is 1.22. The molecule has 1 heterocycles. The van der Waals surface area contributed by atoms with E-state index < -0.39 is 35.4 Å². The van der Waals surface area contributed by atoms with Crippen LogP contribution in [0.4, 0.5) is 4.39 Å². The Kier molecular flexibility index (Phi) is 7.08. The number of hydrogen-bond donors (Lipinski definition) is 1. The molecule has 4 atom stereocenters. The summed E-state index contributed by atoms with van der Waals surface area (Å²) in [6, 6.07) is 4.18. The number of hydrogen-bond acceptors (Lipinski definition) is 6. The summed E-state index contributed by atoms with van der Waals surface area (Å²) in [4.78, 5) is 39.2. The first-order chi connectivity index (χ1) is 15.1. The van der Waals surface area contributed by atoms with Gasteiger partial charge in [0.2, 0.25) is 0 Å². The molecule has 172 valence electrons. The van der Waals surface area contributed by atoms with E-state index in [9.17, 15) is 14.4 Å². The third kappa shape index (κ3) is 4.18. The van der Waals surface area contributed by atoms with Gasteiger partial charge in [-0.15, -0.1) is 0 Å². The maximum Gasteiger partial charge on any atom is 0.337 e. The standard InChI is InChI=1S/C24H27ClFNO5/c1-6-12(3)32-24(30)18-13(4)27-16-10-11(2)17(23(29)31-5)22(28)20(16)21(18)19-14(25)8-7-9-15(19)26/h7-9,11-12,17,21,27H,6,10H2,1-5H3/t11-,12+,17-,21-/m1/s1. The van der Waals surface area contributed by atoms with Gasteiger partial charge in [0.05, 0.1) is 24.7 Å². The van der Waals surface area contributed by atoms with Crippen LogP contribution >= 0.6 is 11.6 Å². The van der Waals surface area contributed by atoms with Crippen molar-refractivity contribution in [2.45, 2.75) is 52.6 Å². The number of carbonyl (C=O) groups excluding carboxylic acids is 3. The van der Waals surface area contributed by atoms with E-state index in [0.29, 0.717) is 24.2 Å². The number of methoxy groups -OCH3 is 1. The minimum Gasteiger partial charge on any atom is -0.468 e. The number of ether oxygens (including phenoxy) is 2. The third-order valence-corrected chi connectivity index (χ3v) is 6.46. The number of esters is 2. The van der Waals surface area contributed by atoms with Gasteiger partial charge in [-0.2, -0.15) is 0 Å². The lowest BCUT2D eigenvalue weighted by Gasteiger charge is -2.38. The topological polar surface area (TPSA) is 81.7 Å². The van der Waals surface area contributed by atoms with Gasteiger partial charge in [0.1, 0.15) is 11.7 Å². The van der Waals surface area contributed by atoms with E-state index in [-0.39, 0.29) is 33.8 Å². The van der Waals surface area contributed by atoms with Crippen molar-refractivity contribution in [3.63, 3.8) is 0 Å². The average molecular weight is 464 g/mol. The fourth-order valence-corrected chi connectivity index (χ4v) is 4.63. The van der Waals surface area contributed by atoms with Crippen molar-refractivity contribution in [3.8, 4) is 0 Å². The molecule has 1 aliphatic carbocycles. The molecule has 3 rings (SSSR count). The lowest BCUT2D eigenvalue weighted by Crippen LogP contribution is -2.43. The quantitative estimate of drug-likeness (QED) is 0.513. The van der Waals surface area contributed by atoms with Gasteiger partial charge in [0, 0.05) is 27.6 Å². The number of ketones is 1. The summed E-state index contributed by atoms with van der Waals surface area (Å²) >= 11 is 6.39. The predicted octanol–water partition coefficient (Wildman–Crippen LogP) is 4.43. The first-order valence-corrected chi connectivity index (χ1v) is 11.0. The van der Waals surface area contributed by atoms with Crippen LogP contribution in [-0.4, -0.2) is 30.9 Å². The summed E-state index contributed by atoms with van der Waals surface area (Å²) in [6.45, 7) is 7.08. The Labute approximate surface area is 191 Å². The minimum absolute atomic E-state index is 0.00476. The van der Waals surface area contributed by atoms with Crippen molar-refractivity contribution in [1.82, 2.24) is 5.32 Å². The Hall–Kier alpha value is -2.67. The van der Waals surface area contributed by atoms with Crippen LogP contribution in [0.25, 0.3) is 0 Å². The van der Waals surface area contributed by atoms with Crippen LogP contribution in [0.2, 0.25) is 5.02 Å². The maximum absolute atomic E-state index is 15.1. The number of halogens is 2. The van der Waals surface area contributed by atoms with E-state index in [1.165, 1.54) is 25.3 Å². The molecule has 1 aliphatic heterocycles. The molecule has 0 saturated heterocycles. The number of rotatable bonds is 5. The minimum atomic E-state index is -1.11. The van der Waals surface area contributed by atoms with Gasteiger partial charge in [-0.3, -0.25) is 9.59 Å². The van der Waals surface area contributed by atoms with E-state index >= 15 is 4.39 Å². The van der Waals surface area contributed by atoms with E-state index in [1.54, 1.807) is 20.8 Å². The maximum atomic E-state index is 15.1. The number of benzene rings is 1. The van der Waals surface area contributed by atoms with Crippen molar-refractivity contribution in [1.29, 1.82) is 0 Å². The highest BCUT2D eigenvalue weighted by molar-refractivity contribution is 6.31. The Morgan fingerprint density at radius 2 is 2.03 bits per heavy atom. The average Bonchev–Trinajstić information content (AvgIpc) is 2.72. The summed E-state index contributed by atoms with van der Waals surface area (Å²) in [5.41, 5.74) is 1.25. The van der Waals surface area contributed by atoms with Crippen LogP contribution in [0.5, 0.6) is 0 Å². The normalized spacial score (nSPS) is 24.0. The molecule has 2 aliphatic rings. The van der Waals surface area contributed by atoms with Crippen molar-refractivity contribution in [2.24, 2.45) is 11.8 Å². The number of Topliss-reactive ketones (excluding diaryl/α,β-unsaturated/α-hetero) is 1. The lowest BCUT2D eigenvalue weighted by atomic mass is 9.69. The van der Waals surface area contributed by atoms with Crippen LogP contribution in [0, 0.1) is 17.7 Å². The molecule has 32 heavy (non-hydrogen) atoms. The highest BCUT2D eigenvalue weighted by atomic mass is 35.5. The molecule has 6 nitrogen and oxygen atoms in total. The zero-order valence-electron chi connectivity index (χ0n) is 18.8. The van der Waals surface area contributed by atoms with E-state index in [2.05, 4.69) is 5.32 Å². The van der Waals surface area contributed by atoms with Crippen LogP contribution in [0.1, 0.15) is 52.0 Å². The molecule has 1 aromatic carbocycles. The van der Waals surface area contributed by atoms with Gasteiger partial charge in [-0.25, -0.2) is 9.18 Å². The highest BCUT2D eigenvalue weighted by Crippen LogP contribution is 2.47. The van der Waals surface area contributed by atoms with Crippen LogP contribution < -0.4 is 5.32 Å². The second-order valence-electron chi connectivity index (χ2n) is 8.29. The van der Waals surface area contributed by atoms with Crippen LogP contribution in [-0.2, 0) is 23.9 Å². The number of allylic oxidation sites excluding steroid dienone is 3. The molecule has 0 bridgehead atoms. The number of carbonyl (C=O) groups is 3. The van der Waals surface area contributed by atoms with Gasteiger partial charge in [-0.1, -0.05) is 31.5 Å². The van der Waals surface area contributed by atoms with Crippen LogP contribution in [0.3, 0.4) is 0 Å². The van der Waals surface area contributed by atoms with Crippen molar-refractivity contribution >= 4 is 29.3 Å². The second kappa shape index (κ2) is 9.45. The lowest BCUT2D eigenvalue weighted by molar-refractivity contribution is -0.151. The fraction of sp³-hybridized carbons (Fsp3) is 0.458. The van der Waals surface area contributed by atoms with E-state index in [4.69, 9.17) is 21.1 Å². The highest BCUT2D eigenvalue weighted by Gasteiger charge is 2.48. The van der Waals surface area contributed by atoms with E-state index in [1.807, 2.05) is 6.92 Å². The number of nitrogens with one attached hydrogen (secondary N) is 1. The van der Waals surface area contributed by atoms with Gasteiger partial charge in [0.25, 0.3) is 0 Å². The van der Waals surface area contributed by atoms with Gasteiger partial charge < -0.3 is 14.8 Å².